The topological polar surface area (TPSA) is 21.3 Å². The highest BCUT2D eigenvalue weighted by molar-refractivity contribution is 4.73. The van der Waals surface area contributed by atoms with E-state index in [1.807, 2.05) is 0 Å². The van der Waals surface area contributed by atoms with Crippen molar-refractivity contribution in [2.45, 2.75) is 51.7 Å². The van der Waals surface area contributed by atoms with Gasteiger partial charge in [0.1, 0.15) is 0 Å². The van der Waals surface area contributed by atoms with E-state index in [0.717, 1.165) is 13.2 Å². The van der Waals surface area contributed by atoms with E-state index in [2.05, 4.69) is 26.1 Å². The molecule has 0 aromatic heterocycles. The van der Waals surface area contributed by atoms with Crippen LogP contribution in [0.2, 0.25) is 0 Å². The Bertz CT molecular complexity index is 122. The minimum atomic E-state index is 0.0130. The second-order valence-corrected chi connectivity index (χ2v) is 4.57. The molecule has 2 heteroatoms. The van der Waals surface area contributed by atoms with Gasteiger partial charge in [-0.25, -0.2) is 0 Å². The molecule has 1 N–H and O–H groups in total. The number of rotatable bonds is 2. The number of nitrogens with one attached hydrogen (secondary N) is 1. The van der Waals surface area contributed by atoms with Gasteiger partial charge in [0.15, 0.2) is 0 Å². The van der Waals surface area contributed by atoms with Crippen molar-refractivity contribution < 1.29 is 4.74 Å². The first kappa shape index (κ1) is 10.0. The molecule has 1 saturated heterocycles. The fraction of sp³-hybridized carbons (Fsp3) is 1.00. The van der Waals surface area contributed by atoms with Gasteiger partial charge in [-0.2, -0.15) is 0 Å². The third-order valence-electron chi connectivity index (χ3n) is 2.13. The van der Waals surface area contributed by atoms with E-state index >= 15 is 0 Å². The van der Waals surface area contributed by atoms with Gasteiger partial charge in [0.25, 0.3) is 0 Å². The van der Waals surface area contributed by atoms with Crippen molar-refractivity contribution in [2.75, 3.05) is 13.2 Å². The Balaban J connectivity index is 2.13. The van der Waals surface area contributed by atoms with Crippen LogP contribution >= 0.6 is 0 Å². The van der Waals surface area contributed by atoms with E-state index in [0.29, 0.717) is 6.04 Å². The first-order valence-corrected chi connectivity index (χ1v) is 4.95. The minimum absolute atomic E-state index is 0.0130. The van der Waals surface area contributed by atoms with Crippen LogP contribution in [0.3, 0.4) is 0 Å². The average Bonchev–Trinajstić information content (AvgIpc) is 2.02. The molecular formula is C10H21NO. The lowest BCUT2D eigenvalue weighted by Crippen LogP contribution is -2.39. The molecule has 0 bridgehead atoms. The first-order valence-electron chi connectivity index (χ1n) is 4.95. The second kappa shape index (κ2) is 4.24. The van der Waals surface area contributed by atoms with E-state index in [9.17, 15) is 0 Å². The smallest absolute Gasteiger partial charge is 0.0626 e. The number of ether oxygens (including phenoxy) is 1. The zero-order valence-corrected chi connectivity index (χ0v) is 8.52. The molecule has 0 aromatic carbocycles. The van der Waals surface area contributed by atoms with Crippen LogP contribution in [-0.2, 0) is 4.74 Å². The van der Waals surface area contributed by atoms with Crippen LogP contribution in [-0.4, -0.2) is 24.8 Å². The van der Waals surface area contributed by atoms with Crippen LogP contribution in [0.15, 0.2) is 0 Å². The normalized spacial score (nSPS) is 25.8. The summed E-state index contributed by atoms with van der Waals surface area (Å²) in [4.78, 5) is 0. The summed E-state index contributed by atoms with van der Waals surface area (Å²) >= 11 is 0. The van der Waals surface area contributed by atoms with Gasteiger partial charge in [-0.15, -0.1) is 0 Å². The summed E-state index contributed by atoms with van der Waals surface area (Å²) in [6, 6.07) is 0.595. The van der Waals surface area contributed by atoms with Crippen molar-refractivity contribution in [3.63, 3.8) is 0 Å². The van der Waals surface area contributed by atoms with Crippen molar-refractivity contribution in [3.05, 3.63) is 0 Å². The van der Waals surface area contributed by atoms with Crippen molar-refractivity contribution in [2.24, 2.45) is 0 Å². The van der Waals surface area contributed by atoms with Gasteiger partial charge in [-0.05, 0) is 40.2 Å². The molecule has 1 aliphatic heterocycles. The van der Waals surface area contributed by atoms with Crippen LogP contribution in [0.4, 0.5) is 0 Å². The predicted octanol–water partition coefficient (Wildman–Crippen LogP) is 1.94. The Morgan fingerprint density at radius 2 is 2.08 bits per heavy atom. The van der Waals surface area contributed by atoms with E-state index in [1.54, 1.807) is 0 Å². The van der Waals surface area contributed by atoms with Crippen LogP contribution in [0, 0.1) is 0 Å². The van der Waals surface area contributed by atoms with Crippen molar-refractivity contribution in [3.8, 4) is 0 Å². The summed E-state index contributed by atoms with van der Waals surface area (Å²) in [5.74, 6) is 0. The van der Waals surface area contributed by atoms with Crippen LogP contribution in [0.1, 0.15) is 40.0 Å². The summed E-state index contributed by atoms with van der Waals surface area (Å²) in [5.41, 5.74) is 0.0130. The van der Waals surface area contributed by atoms with E-state index in [4.69, 9.17) is 4.74 Å². The van der Waals surface area contributed by atoms with Gasteiger partial charge >= 0.3 is 0 Å². The Kier molecular flexibility index (Phi) is 3.53. The van der Waals surface area contributed by atoms with Gasteiger partial charge in [-0.3, -0.25) is 0 Å². The fourth-order valence-corrected chi connectivity index (χ4v) is 1.42. The molecule has 72 valence electrons. The van der Waals surface area contributed by atoms with Crippen molar-refractivity contribution >= 4 is 0 Å². The molecule has 0 aliphatic carbocycles. The van der Waals surface area contributed by atoms with E-state index in [-0.39, 0.29) is 5.60 Å². The van der Waals surface area contributed by atoms with Gasteiger partial charge in [0, 0.05) is 6.04 Å². The molecule has 0 aromatic rings. The summed E-state index contributed by atoms with van der Waals surface area (Å²) in [6.07, 6.45) is 3.95. The minimum Gasteiger partial charge on any atom is -0.374 e. The number of piperidine rings is 1. The molecule has 1 fully saturated rings. The molecule has 1 heterocycles. The summed E-state index contributed by atoms with van der Waals surface area (Å²) < 4.78 is 5.71. The SMILES string of the molecule is CC(C)(C)OC[C@@H]1CCCCN1. The van der Waals surface area contributed by atoms with Gasteiger partial charge in [0.2, 0.25) is 0 Å². The molecule has 0 unspecified atom stereocenters. The molecule has 2 nitrogen and oxygen atoms in total. The zero-order chi connectivity index (χ0) is 9.03. The maximum Gasteiger partial charge on any atom is 0.0626 e. The molecule has 0 spiro atoms. The molecule has 0 radical (unpaired) electrons. The fourth-order valence-electron chi connectivity index (χ4n) is 1.42. The monoisotopic (exact) mass is 171 g/mol. The highest BCUT2D eigenvalue weighted by atomic mass is 16.5. The van der Waals surface area contributed by atoms with Crippen molar-refractivity contribution in [1.82, 2.24) is 5.32 Å². The van der Waals surface area contributed by atoms with Gasteiger partial charge in [0.05, 0.1) is 12.2 Å². The molecule has 1 atom stereocenters. The molecule has 1 aliphatic rings. The summed E-state index contributed by atoms with van der Waals surface area (Å²) in [5, 5.41) is 3.47. The third kappa shape index (κ3) is 4.07. The highest BCUT2D eigenvalue weighted by Crippen LogP contribution is 2.12. The first-order chi connectivity index (χ1) is 5.58. The van der Waals surface area contributed by atoms with Gasteiger partial charge < -0.3 is 10.1 Å². The zero-order valence-electron chi connectivity index (χ0n) is 8.52. The lowest BCUT2D eigenvalue weighted by molar-refractivity contribution is -0.0174. The Hall–Kier alpha value is -0.0800. The molecule has 1 rings (SSSR count). The standard InChI is InChI=1S/C10H21NO/c1-10(2,3)12-8-9-6-4-5-7-11-9/h9,11H,4-8H2,1-3H3/t9-/m0/s1. The maximum absolute atomic E-state index is 5.71. The second-order valence-electron chi connectivity index (χ2n) is 4.57. The highest BCUT2D eigenvalue weighted by Gasteiger charge is 2.16. The number of hydrogen-bond donors (Lipinski definition) is 1. The number of hydrogen-bond acceptors (Lipinski definition) is 2. The third-order valence-corrected chi connectivity index (χ3v) is 2.13. The lowest BCUT2D eigenvalue weighted by atomic mass is 10.1. The largest absolute Gasteiger partial charge is 0.374 e. The Labute approximate surface area is 75.7 Å². The van der Waals surface area contributed by atoms with Crippen LogP contribution in [0.25, 0.3) is 0 Å². The molecule has 0 amide bonds. The predicted molar refractivity (Wildman–Crippen MR) is 51.3 cm³/mol. The van der Waals surface area contributed by atoms with E-state index < -0.39 is 0 Å². The molecule has 0 saturated carbocycles. The van der Waals surface area contributed by atoms with E-state index in [1.165, 1.54) is 19.3 Å². The molecular weight excluding hydrogens is 150 g/mol. The maximum atomic E-state index is 5.71. The summed E-state index contributed by atoms with van der Waals surface area (Å²) in [7, 11) is 0. The quantitative estimate of drug-likeness (QED) is 0.685. The van der Waals surface area contributed by atoms with Crippen LogP contribution < -0.4 is 5.32 Å². The van der Waals surface area contributed by atoms with Crippen molar-refractivity contribution in [1.29, 1.82) is 0 Å². The lowest BCUT2D eigenvalue weighted by Gasteiger charge is -2.27. The van der Waals surface area contributed by atoms with Crippen LogP contribution in [0.5, 0.6) is 0 Å². The Morgan fingerprint density at radius 3 is 2.58 bits per heavy atom. The average molecular weight is 171 g/mol. The Morgan fingerprint density at radius 1 is 1.33 bits per heavy atom. The van der Waals surface area contributed by atoms with Gasteiger partial charge in [-0.1, -0.05) is 6.42 Å². The molecule has 12 heavy (non-hydrogen) atoms. The summed E-state index contributed by atoms with van der Waals surface area (Å²) in [6.45, 7) is 8.35.